The van der Waals surface area contributed by atoms with Crippen molar-refractivity contribution < 1.29 is 24.0 Å². The van der Waals surface area contributed by atoms with E-state index >= 15 is 0 Å². The van der Waals surface area contributed by atoms with Crippen molar-refractivity contribution in [2.45, 2.75) is 19.6 Å². The fourth-order valence-electron chi connectivity index (χ4n) is 2.13. The first-order chi connectivity index (χ1) is 12.9. The molecule has 0 aliphatic rings. The molecule has 0 aromatic heterocycles. The molecule has 9 heteroatoms. The zero-order valence-corrected chi connectivity index (χ0v) is 14.4. The van der Waals surface area contributed by atoms with E-state index in [9.17, 15) is 24.5 Å². The summed E-state index contributed by atoms with van der Waals surface area (Å²) in [4.78, 5) is 45.0. The molecule has 140 valence electrons. The van der Waals surface area contributed by atoms with Crippen molar-refractivity contribution in [2.75, 3.05) is 0 Å². The van der Waals surface area contributed by atoms with E-state index in [1.165, 1.54) is 13.0 Å². The van der Waals surface area contributed by atoms with Crippen LogP contribution in [0.25, 0.3) is 0 Å². The van der Waals surface area contributed by atoms with Crippen molar-refractivity contribution >= 4 is 23.9 Å². The molecule has 0 unspecified atom stereocenters. The maximum absolute atomic E-state index is 12.1. The van der Waals surface area contributed by atoms with E-state index in [-0.39, 0.29) is 23.5 Å². The molecule has 2 rings (SSSR count). The molecule has 0 aliphatic carbocycles. The number of nitro benzene ring substituents is 1. The number of imide groups is 1. The lowest BCUT2D eigenvalue weighted by molar-refractivity contribution is -0.384. The number of carbonyl (C=O) groups is 3. The minimum absolute atomic E-state index is 0.00273. The summed E-state index contributed by atoms with van der Waals surface area (Å²) in [5.41, 5.74) is 0.519. The summed E-state index contributed by atoms with van der Waals surface area (Å²) < 4.78 is 5.35. The number of non-ortho nitro benzene ring substituents is 1. The Kier molecular flexibility index (Phi) is 6.59. The Hall–Kier alpha value is -3.75. The van der Waals surface area contributed by atoms with Crippen LogP contribution in [0.1, 0.15) is 22.8 Å². The van der Waals surface area contributed by atoms with Crippen LogP contribution in [0.4, 0.5) is 10.5 Å². The number of urea groups is 1. The van der Waals surface area contributed by atoms with E-state index in [2.05, 4.69) is 10.6 Å². The first-order valence-corrected chi connectivity index (χ1v) is 7.93. The number of benzene rings is 2. The third-order valence-electron chi connectivity index (χ3n) is 3.54. The molecule has 0 saturated carbocycles. The summed E-state index contributed by atoms with van der Waals surface area (Å²) in [5.74, 6) is -0.723. The Balaban J connectivity index is 1.92. The van der Waals surface area contributed by atoms with Crippen LogP contribution >= 0.6 is 0 Å². The third-order valence-corrected chi connectivity index (χ3v) is 3.54. The maximum atomic E-state index is 12.1. The topological polar surface area (TPSA) is 128 Å². The van der Waals surface area contributed by atoms with Crippen LogP contribution in [-0.4, -0.2) is 29.3 Å². The monoisotopic (exact) mass is 371 g/mol. The number of rotatable bonds is 7. The molecule has 0 radical (unpaired) electrons. The number of hydrogen-bond acceptors (Lipinski definition) is 6. The highest BCUT2D eigenvalue weighted by molar-refractivity contribution is 5.96. The van der Waals surface area contributed by atoms with Gasteiger partial charge in [-0.1, -0.05) is 30.3 Å². The molecular weight excluding hydrogens is 354 g/mol. The second-order valence-corrected chi connectivity index (χ2v) is 5.51. The summed E-state index contributed by atoms with van der Waals surface area (Å²) >= 11 is 0. The summed E-state index contributed by atoms with van der Waals surface area (Å²) in [6, 6.07) is 11.9. The van der Waals surface area contributed by atoms with Crippen molar-refractivity contribution in [1.29, 1.82) is 0 Å². The van der Waals surface area contributed by atoms with Crippen LogP contribution in [0.2, 0.25) is 0 Å². The van der Waals surface area contributed by atoms with Gasteiger partial charge < -0.3 is 10.1 Å². The Morgan fingerprint density at radius 3 is 2.56 bits per heavy atom. The van der Waals surface area contributed by atoms with Gasteiger partial charge in [-0.2, -0.15) is 0 Å². The van der Waals surface area contributed by atoms with Crippen LogP contribution in [0.3, 0.4) is 0 Å². The average Bonchev–Trinajstić information content (AvgIpc) is 2.67. The van der Waals surface area contributed by atoms with E-state index in [1.807, 2.05) is 30.3 Å². The molecular formula is C18H17N3O6. The molecule has 2 aromatic carbocycles. The van der Waals surface area contributed by atoms with Gasteiger partial charge in [0, 0.05) is 18.7 Å². The summed E-state index contributed by atoms with van der Waals surface area (Å²) in [5, 5.41) is 15.4. The highest BCUT2D eigenvalue weighted by Gasteiger charge is 2.20. The smallest absolute Gasteiger partial charge is 0.321 e. The number of amides is 3. The molecule has 0 spiro atoms. The highest BCUT2D eigenvalue weighted by atomic mass is 16.6. The predicted molar refractivity (Wildman–Crippen MR) is 95.4 cm³/mol. The van der Waals surface area contributed by atoms with Gasteiger partial charge >= 0.3 is 6.03 Å². The van der Waals surface area contributed by atoms with Gasteiger partial charge in [0.1, 0.15) is 5.75 Å². The minimum atomic E-state index is -1.10. The van der Waals surface area contributed by atoms with Gasteiger partial charge in [-0.05, 0) is 18.6 Å². The van der Waals surface area contributed by atoms with Crippen molar-refractivity contribution in [3.63, 3.8) is 0 Å². The number of nitrogens with one attached hydrogen (secondary N) is 2. The molecule has 0 aliphatic heterocycles. The van der Waals surface area contributed by atoms with Crippen LogP contribution in [0.5, 0.6) is 5.75 Å². The first-order valence-electron chi connectivity index (χ1n) is 7.93. The fourth-order valence-corrected chi connectivity index (χ4v) is 2.13. The molecule has 27 heavy (non-hydrogen) atoms. The van der Waals surface area contributed by atoms with Gasteiger partial charge in [0.05, 0.1) is 10.5 Å². The Morgan fingerprint density at radius 1 is 1.22 bits per heavy atom. The van der Waals surface area contributed by atoms with Crippen molar-refractivity contribution in [3.05, 3.63) is 69.8 Å². The molecule has 2 N–H and O–H groups in total. The molecule has 0 bridgehead atoms. The van der Waals surface area contributed by atoms with E-state index in [0.29, 0.717) is 6.29 Å². The Labute approximate surface area is 154 Å². The molecule has 1 atom stereocenters. The van der Waals surface area contributed by atoms with Crippen molar-refractivity contribution in [3.8, 4) is 5.75 Å². The van der Waals surface area contributed by atoms with Gasteiger partial charge in [-0.15, -0.1) is 0 Å². The van der Waals surface area contributed by atoms with Gasteiger partial charge in [0.15, 0.2) is 12.4 Å². The number of carbonyl (C=O) groups excluding carboxylic acids is 3. The largest absolute Gasteiger partial charge is 0.480 e. The van der Waals surface area contributed by atoms with Crippen molar-refractivity contribution in [2.24, 2.45) is 0 Å². The van der Waals surface area contributed by atoms with E-state index < -0.39 is 23.0 Å². The molecule has 0 saturated heterocycles. The van der Waals surface area contributed by atoms with Gasteiger partial charge in [-0.25, -0.2) is 4.79 Å². The number of ether oxygens (including phenoxy) is 1. The third kappa shape index (κ3) is 5.63. The zero-order valence-electron chi connectivity index (χ0n) is 14.4. The standard InChI is InChI=1S/C18H17N3O6/c1-12(27-16-8-7-15(21(25)26)9-14(16)11-22)17(23)20-18(24)19-10-13-5-3-2-4-6-13/h2-9,11-12H,10H2,1H3,(H2,19,20,23,24)/t12-/m1/s1. The number of hydrogen-bond donors (Lipinski definition) is 2. The van der Waals surface area contributed by atoms with E-state index in [0.717, 1.165) is 17.7 Å². The lowest BCUT2D eigenvalue weighted by Crippen LogP contribution is -2.44. The normalized spacial score (nSPS) is 11.1. The predicted octanol–water partition coefficient (Wildman–Crippen LogP) is 2.20. The van der Waals surface area contributed by atoms with Crippen LogP contribution in [0.15, 0.2) is 48.5 Å². The van der Waals surface area contributed by atoms with Crippen LogP contribution < -0.4 is 15.4 Å². The van der Waals surface area contributed by atoms with Crippen molar-refractivity contribution in [1.82, 2.24) is 10.6 Å². The second-order valence-electron chi connectivity index (χ2n) is 5.51. The van der Waals surface area contributed by atoms with E-state index in [1.54, 1.807) is 0 Å². The van der Waals surface area contributed by atoms with Gasteiger partial charge in [-0.3, -0.25) is 25.0 Å². The van der Waals surface area contributed by atoms with Gasteiger partial charge in [0.2, 0.25) is 0 Å². The molecule has 9 nitrogen and oxygen atoms in total. The van der Waals surface area contributed by atoms with Gasteiger partial charge in [0.25, 0.3) is 11.6 Å². The van der Waals surface area contributed by atoms with E-state index in [4.69, 9.17) is 4.74 Å². The Morgan fingerprint density at radius 2 is 1.93 bits per heavy atom. The van der Waals surface area contributed by atoms with Crippen LogP contribution in [-0.2, 0) is 11.3 Å². The molecule has 0 fully saturated rings. The van der Waals surface area contributed by atoms with Crippen LogP contribution in [0, 0.1) is 10.1 Å². The fraction of sp³-hybridized carbons (Fsp3) is 0.167. The first kappa shape index (κ1) is 19.6. The lowest BCUT2D eigenvalue weighted by atomic mass is 10.2. The lowest BCUT2D eigenvalue weighted by Gasteiger charge is -2.15. The number of aldehydes is 1. The zero-order chi connectivity index (χ0) is 19.8. The summed E-state index contributed by atoms with van der Waals surface area (Å²) in [7, 11) is 0. The average molecular weight is 371 g/mol. The highest BCUT2D eigenvalue weighted by Crippen LogP contribution is 2.23. The second kappa shape index (κ2) is 9.09. The number of nitrogens with zero attached hydrogens (tertiary/aromatic N) is 1. The molecule has 2 aromatic rings. The summed E-state index contributed by atoms with van der Waals surface area (Å²) in [6.45, 7) is 1.63. The Bertz CT molecular complexity index is 853. The molecule has 0 heterocycles. The summed E-state index contributed by atoms with van der Waals surface area (Å²) in [6.07, 6.45) is -0.716. The number of nitro groups is 1. The minimum Gasteiger partial charge on any atom is -0.480 e. The molecule has 3 amide bonds. The quantitative estimate of drug-likeness (QED) is 0.436. The SMILES string of the molecule is C[C@@H](Oc1ccc([N+](=O)[O-])cc1C=O)C(=O)NC(=O)NCc1ccccc1. The maximum Gasteiger partial charge on any atom is 0.321 e.